The molecule has 0 aliphatic carbocycles. The molecule has 1 aliphatic rings. The number of hydrogen-bond acceptors (Lipinski definition) is 3. The molecule has 5 heteroatoms. The molecule has 0 aromatic heterocycles. The van der Waals surface area contributed by atoms with Crippen molar-refractivity contribution in [2.75, 3.05) is 13.1 Å². The molecule has 31 heavy (non-hydrogen) atoms. The molecular formula is C26H34N2O3. The smallest absolute Gasteiger partial charge is 0.249 e. The van der Waals surface area contributed by atoms with Gasteiger partial charge in [-0.05, 0) is 48.9 Å². The minimum Gasteiger partial charge on any atom is -0.489 e. The van der Waals surface area contributed by atoms with E-state index in [1.54, 1.807) is 0 Å². The number of ether oxygens (including phenoxy) is 1. The summed E-state index contributed by atoms with van der Waals surface area (Å²) in [5.74, 6) is 0.667. The highest BCUT2D eigenvalue weighted by molar-refractivity contribution is 5.88. The summed E-state index contributed by atoms with van der Waals surface area (Å²) in [6.45, 7) is 4.13. The minimum absolute atomic E-state index is 0.0125. The van der Waals surface area contributed by atoms with Gasteiger partial charge in [0.1, 0.15) is 18.4 Å². The van der Waals surface area contributed by atoms with Crippen molar-refractivity contribution in [3.63, 3.8) is 0 Å². The number of likely N-dealkylation sites (tertiary alicyclic amines) is 1. The second kappa shape index (κ2) is 12.1. The van der Waals surface area contributed by atoms with E-state index in [2.05, 4.69) is 12.2 Å². The third kappa shape index (κ3) is 7.12. The van der Waals surface area contributed by atoms with E-state index in [1.807, 2.05) is 59.5 Å². The Labute approximate surface area is 185 Å². The van der Waals surface area contributed by atoms with Gasteiger partial charge in [0.25, 0.3) is 0 Å². The van der Waals surface area contributed by atoms with Gasteiger partial charge in [0.05, 0.1) is 0 Å². The number of rotatable bonds is 10. The molecule has 0 radical (unpaired) electrons. The minimum atomic E-state index is -0.643. The Morgan fingerprint density at radius 2 is 1.68 bits per heavy atom. The van der Waals surface area contributed by atoms with Crippen molar-refractivity contribution < 1.29 is 14.3 Å². The van der Waals surface area contributed by atoms with Gasteiger partial charge in [-0.3, -0.25) is 9.59 Å². The van der Waals surface area contributed by atoms with Crippen LogP contribution in [0.2, 0.25) is 0 Å². The fourth-order valence-corrected chi connectivity index (χ4v) is 3.85. The molecule has 0 bridgehead atoms. The highest BCUT2D eigenvalue weighted by Crippen LogP contribution is 2.23. The van der Waals surface area contributed by atoms with Gasteiger partial charge in [-0.25, -0.2) is 0 Å². The Morgan fingerprint density at radius 3 is 2.35 bits per heavy atom. The molecule has 166 valence electrons. The Balaban J connectivity index is 1.67. The van der Waals surface area contributed by atoms with Gasteiger partial charge in [0, 0.05) is 19.5 Å². The van der Waals surface area contributed by atoms with Crippen molar-refractivity contribution in [1.82, 2.24) is 10.2 Å². The lowest BCUT2D eigenvalue weighted by Crippen LogP contribution is -2.44. The first kappa shape index (κ1) is 22.9. The molecule has 2 aromatic carbocycles. The van der Waals surface area contributed by atoms with Gasteiger partial charge in [0.2, 0.25) is 11.8 Å². The fourth-order valence-electron chi connectivity index (χ4n) is 3.85. The summed E-state index contributed by atoms with van der Waals surface area (Å²) in [5.41, 5.74) is 1.90. The molecule has 1 fully saturated rings. The molecule has 0 saturated carbocycles. The summed E-state index contributed by atoms with van der Waals surface area (Å²) in [4.78, 5) is 27.6. The topological polar surface area (TPSA) is 58.6 Å². The fraction of sp³-hybridized carbons (Fsp3) is 0.462. The maximum Gasteiger partial charge on any atom is 0.249 e. The number of unbranched alkanes of at least 4 members (excludes halogenated alkanes) is 2. The molecule has 0 unspecified atom stereocenters. The maximum absolute atomic E-state index is 13.2. The van der Waals surface area contributed by atoms with Crippen LogP contribution in [0.5, 0.6) is 5.75 Å². The first-order valence-corrected chi connectivity index (χ1v) is 11.5. The highest BCUT2D eigenvalue weighted by atomic mass is 16.5. The zero-order chi connectivity index (χ0) is 21.9. The number of piperidine rings is 1. The molecule has 3 rings (SSSR count). The second-order valence-electron chi connectivity index (χ2n) is 8.19. The molecule has 5 nitrogen and oxygen atoms in total. The van der Waals surface area contributed by atoms with Gasteiger partial charge in [0.15, 0.2) is 0 Å². The van der Waals surface area contributed by atoms with Crippen LogP contribution in [0.15, 0.2) is 54.6 Å². The third-order valence-electron chi connectivity index (χ3n) is 5.69. The van der Waals surface area contributed by atoms with Crippen molar-refractivity contribution in [2.45, 2.75) is 64.5 Å². The first-order valence-electron chi connectivity index (χ1n) is 11.5. The SMILES string of the molecule is CCCCCC(=O)N[C@H](C(=O)N1CCCCC1)c1ccc(OCc2ccccc2)cc1. The van der Waals surface area contributed by atoms with Crippen LogP contribution >= 0.6 is 0 Å². The van der Waals surface area contributed by atoms with Crippen LogP contribution in [-0.4, -0.2) is 29.8 Å². The average Bonchev–Trinajstić information content (AvgIpc) is 2.82. The van der Waals surface area contributed by atoms with Gasteiger partial charge >= 0.3 is 0 Å². The second-order valence-corrected chi connectivity index (χ2v) is 8.19. The van der Waals surface area contributed by atoms with Gasteiger partial charge in [-0.1, -0.05) is 62.2 Å². The molecule has 2 aromatic rings. The zero-order valence-corrected chi connectivity index (χ0v) is 18.5. The first-order chi connectivity index (χ1) is 15.2. The van der Waals surface area contributed by atoms with E-state index in [1.165, 1.54) is 0 Å². The quantitative estimate of drug-likeness (QED) is 0.547. The van der Waals surface area contributed by atoms with E-state index < -0.39 is 6.04 Å². The van der Waals surface area contributed by atoms with Crippen molar-refractivity contribution in [1.29, 1.82) is 0 Å². The van der Waals surface area contributed by atoms with Crippen LogP contribution in [0, 0.1) is 0 Å². The number of nitrogens with one attached hydrogen (secondary N) is 1. The van der Waals surface area contributed by atoms with Crippen LogP contribution < -0.4 is 10.1 Å². The van der Waals surface area contributed by atoms with Crippen molar-refractivity contribution in [2.24, 2.45) is 0 Å². The van der Waals surface area contributed by atoms with Crippen molar-refractivity contribution in [3.8, 4) is 5.75 Å². The lowest BCUT2D eigenvalue weighted by atomic mass is 10.0. The van der Waals surface area contributed by atoms with E-state index in [-0.39, 0.29) is 11.8 Å². The van der Waals surface area contributed by atoms with E-state index in [4.69, 9.17) is 4.74 Å². The number of amides is 2. The predicted molar refractivity (Wildman–Crippen MR) is 123 cm³/mol. The van der Waals surface area contributed by atoms with Gasteiger partial charge in [-0.2, -0.15) is 0 Å². The summed E-state index contributed by atoms with van der Waals surface area (Å²) in [7, 11) is 0. The Hall–Kier alpha value is -2.82. The van der Waals surface area contributed by atoms with E-state index in [0.717, 1.165) is 68.5 Å². The number of carbonyl (C=O) groups excluding carboxylic acids is 2. The van der Waals surface area contributed by atoms with Crippen LogP contribution in [0.4, 0.5) is 0 Å². The lowest BCUT2D eigenvalue weighted by Gasteiger charge is -2.31. The summed E-state index contributed by atoms with van der Waals surface area (Å²) in [6.07, 6.45) is 6.59. The third-order valence-corrected chi connectivity index (χ3v) is 5.69. The van der Waals surface area contributed by atoms with Crippen molar-refractivity contribution >= 4 is 11.8 Å². The molecule has 1 atom stereocenters. The monoisotopic (exact) mass is 422 g/mol. The summed E-state index contributed by atoms with van der Waals surface area (Å²) < 4.78 is 5.87. The average molecular weight is 423 g/mol. The number of carbonyl (C=O) groups is 2. The van der Waals surface area contributed by atoms with E-state index in [0.29, 0.717) is 13.0 Å². The molecule has 2 amide bonds. The highest BCUT2D eigenvalue weighted by Gasteiger charge is 2.28. The Kier molecular flexibility index (Phi) is 8.95. The van der Waals surface area contributed by atoms with E-state index >= 15 is 0 Å². The van der Waals surface area contributed by atoms with E-state index in [9.17, 15) is 9.59 Å². The standard InChI is InChI=1S/C26H34N2O3/c1-2-3-6-13-24(29)27-25(26(30)28-18-9-5-10-19-28)22-14-16-23(17-15-22)31-20-21-11-7-4-8-12-21/h4,7-8,11-12,14-17,25H,2-3,5-6,9-10,13,18-20H2,1H3,(H,27,29)/t25-/m0/s1. The Morgan fingerprint density at radius 1 is 0.968 bits per heavy atom. The lowest BCUT2D eigenvalue weighted by molar-refractivity contribution is -0.137. The molecule has 0 spiro atoms. The number of hydrogen-bond donors (Lipinski definition) is 1. The summed E-state index contributed by atoms with van der Waals surface area (Å²) in [5, 5.41) is 3.00. The largest absolute Gasteiger partial charge is 0.489 e. The molecule has 1 aliphatic heterocycles. The van der Waals surface area contributed by atoms with Gasteiger partial charge in [-0.15, -0.1) is 0 Å². The van der Waals surface area contributed by atoms with Crippen LogP contribution in [0.1, 0.15) is 69.0 Å². The number of nitrogens with zero attached hydrogens (tertiary/aromatic N) is 1. The molecular weight excluding hydrogens is 388 g/mol. The van der Waals surface area contributed by atoms with Crippen LogP contribution in [-0.2, 0) is 16.2 Å². The van der Waals surface area contributed by atoms with Crippen LogP contribution in [0.25, 0.3) is 0 Å². The number of benzene rings is 2. The maximum atomic E-state index is 13.2. The van der Waals surface area contributed by atoms with Gasteiger partial charge < -0.3 is 15.0 Å². The van der Waals surface area contributed by atoms with Crippen LogP contribution in [0.3, 0.4) is 0 Å². The molecule has 1 saturated heterocycles. The molecule has 1 heterocycles. The Bertz CT molecular complexity index is 814. The predicted octanol–water partition coefficient (Wildman–Crippen LogP) is 5.02. The summed E-state index contributed by atoms with van der Waals surface area (Å²) >= 11 is 0. The summed E-state index contributed by atoms with van der Waals surface area (Å²) in [6, 6.07) is 16.9. The zero-order valence-electron chi connectivity index (χ0n) is 18.5. The molecule has 1 N–H and O–H groups in total. The normalized spacial score (nSPS) is 14.7. The van der Waals surface area contributed by atoms with Crippen molar-refractivity contribution in [3.05, 3.63) is 65.7 Å².